The van der Waals surface area contributed by atoms with Crippen LogP contribution in [0.5, 0.6) is 0 Å². The molecule has 3 aromatic rings. The number of Topliss-reactive ketones (excluding diaryl/α,β-unsaturated/α-hetero) is 1. The minimum atomic E-state index is -1.00. The Labute approximate surface area is 200 Å². The summed E-state index contributed by atoms with van der Waals surface area (Å²) in [6.07, 6.45) is 2.71. The van der Waals surface area contributed by atoms with Crippen molar-refractivity contribution >= 4 is 34.7 Å². The molecule has 4 rings (SSSR count). The van der Waals surface area contributed by atoms with Crippen molar-refractivity contribution in [3.05, 3.63) is 70.5 Å². The van der Waals surface area contributed by atoms with E-state index in [-0.39, 0.29) is 34.4 Å². The van der Waals surface area contributed by atoms with E-state index in [4.69, 9.17) is 11.6 Å². The molecule has 2 atom stereocenters. The second-order valence-corrected chi connectivity index (χ2v) is 8.60. The van der Waals surface area contributed by atoms with Crippen molar-refractivity contribution in [1.82, 2.24) is 19.6 Å². The highest BCUT2D eigenvalue weighted by atomic mass is 35.5. The smallest absolute Gasteiger partial charge is 0.243 e. The molecule has 0 radical (unpaired) electrons. The predicted octanol–water partition coefficient (Wildman–Crippen LogP) is 2.71. The number of halogens is 2. The molecule has 1 aliphatic rings. The van der Waals surface area contributed by atoms with Gasteiger partial charge in [0, 0.05) is 25.2 Å². The van der Waals surface area contributed by atoms with Crippen molar-refractivity contribution < 1.29 is 23.9 Å². The highest BCUT2D eigenvalue weighted by molar-refractivity contribution is 6.30. The fraction of sp³-hybridized carbons (Fsp3) is 0.333. The van der Waals surface area contributed by atoms with E-state index in [9.17, 15) is 23.9 Å². The van der Waals surface area contributed by atoms with E-state index in [0.717, 1.165) is 0 Å². The number of ketones is 1. The number of rotatable bonds is 7. The van der Waals surface area contributed by atoms with Gasteiger partial charge in [0.2, 0.25) is 11.8 Å². The van der Waals surface area contributed by atoms with Gasteiger partial charge in [-0.2, -0.15) is 0 Å². The zero-order chi connectivity index (χ0) is 24.4. The quantitative estimate of drug-likeness (QED) is 0.500. The molecule has 0 aliphatic carbocycles. The summed E-state index contributed by atoms with van der Waals surface area (Å²) in [7, 11) is 0. The maximum Gasteiger partial charge on any atom is 0.243 e. The molecule has 2 N–H and O–H groups in total. The summed E-state index contributed by atoms with van der Waals surface area (Å²) in [4.78, 5) is 44.0. The predicted molar refractivity (Wildman–Crippen MR) is 123 cm³/mol. The van der Waals surface area contributed by atoms with Crippen LogP contribution in [-0.4, -0.2) is 56.2 Å². The number of amides is 2. The van der Waals surface area contributed by atoms with Crippen molar-refractivity contribution in [3.8, 4) is 0 Å². The van der Waals surface area contributed by atoms with Crippen LogP contribution in [0.2, 0.25) is 5.02 Å². The molecule has 2 aromatic heterocycles. The maximum atomic E-state index is 14.4. The second kappa shape index (κ2) is 9.90. The average Bonchev–Trinajstić information content (AvgIpc) is 3.45. The molecule has 1 saturated heterocycles. The first-order chi connectivity index (χ1) is 16.3. The zero-order valence-corrected chi connectivity index (χ0v) is 19.3. The summed E-state index contributed by atoms with van der Waals surface area (Å²) < 4.78 is 16.1. The standard InChI is InChI=1S/C24H24ClFN4O4/c1-14(32)23-18-8-2-3-10-29(18)20(28-23)12-21(33)30-11-5-9-19(30)24(34)27-17(13-31)15-6-4-7-16(25)22(15)26/h2-4,6-8,10,17,19,31H,5,9,11-13H2,1H3,(H,27,34)/t17-,19+/m1/s1. The van der Waals surface area contributed by atoms with Gasteiger partial charge in [-0.15, -0.1) is 0 Å². The van der Waals surface area contributed by atoms with Crippen LogP contribution in [-0.2, 0) is 16.0 Å². The van der Waals surface area contributed by atoms with Crippen LogP contribution >= 0.6 is 11.6 Å². The number of aliphatic hydroxyl groups is 1. The van der Waals surface area contributed by atoms with E-state index in [2.05, 4.69) is 10.3 Å². The van der Waals surface area contributed by atoms with Crippen molar-refractivity contribution in [1.29, 1.82) is 0 Å². The first-order valence-corrected chi connectivity index (χ1v) is 11.3. The fourth-order valence-corrected chi connectivity index (χ4v) is 4.52. The molecule has 8 nitrogen and oxygen atoms in total. The number of aliphatic hydroxyl groups excluding tert-OH is 1. The summed E-state index contributed by atoms with van der Waals surface area (Å²) in [6.45, 7) is 1.27. The van der Waals surface area contributed by atoms with Gasteiger partial charge in [-0.05, 0) is 31.0 Å². The third-order valence-corrected chi connectivity index (χ3v) is 6.29. The van der Waals surface area contributed by atoms with E-state index >= 15 is 0 Å². The summed E-state index contributed by atoms with van der Waals surface area (Å²) in [5.41, 5.74) is 0.969. The fourth-order valence-electron chi connectivity index (χ4n) is 4.34. The zero-order valence-electron chi connectivity index (χ0n) is 18.5. The molecule has 0 bridgehead atoms. The Morgan fingerprint density at radius 1 is 1.26 bits per heavy atom. The average molecular weight is 487 g/mol. The number of imidazole rings is 1. The van der Waals surface area contributed by atoms with Gasteiger partial charge in [0.1, 0.15) is 23.4 Å². The van der Waals surface area contributed by atoms with E-state index < -0.39 is 30.4 Å². The van der Waals surface area contributed by atoms with Gasteiger partial charge >= 0.3 is 0 Å². The van der Waals surface area contributed by atoms with Crippen LogP contribution in [0.4, 0.5) is 4.39 Å². The van der Waals surface area contributed by atoms with Gasteiger partial charge in [-0.3, -0.25) is 14.4 Å². The molecule has 1 aromatic carbocycles. The SMILES string of the molecule is CC(=O)c1nc(CC(=O)N2CCC[C@H]2C(=O)N[C@H](CO)c2cccc(Cl)c2F)n2ccccc12. The van der Waals surface area contributed by atoms with Gasteiger partial charge in [0.05, 0.1) is 29.6 Å². The van der Waals surface area contributed by atoms with Crippen molar-refractivity contribution in [2.24, 2.45) is 0 Å². The number of fused-ring (bicyclic) bond motifs is 1. The Kier molecular flexibility index (Phi) is 6.95. The van der Waals surface area contributed by atoms with Crippen molar-refractivity contribution in [2.75, 3.05) is 13.2 Å². The molecule has 1 aliphatic heterocycles. The molecule has 1 fully saturated rings. The molecular formula is C24H24ClFN4O4. The van der Waals surface area contributed by atoms with Crippen LogP contribution in [0.15, 0.2) is 42.6 Å². The lowest BCUT2D eigenvalue weighted by Crippen LogP contribution is -2.48. The Hall–Kier alpha value is -3.30. The van der Waals surface area contributed by atoms with Crippen LogP contribution in [0.3, 0.4) is 0 Å². The molecule has 0 unspecified atom stereocenters. The maximum absolute atomic E-state index is 14.4. The highest BCUT2D eigenvalue weighted by Gasteiger charge is 2.36. The van der Waals surface area contributed by atoms with Crippen LogP contribution < -0.4 is 5.32 Å². The Morgan fingerprint density at radius 2 is 2.06 bits per heavy atom. The van der Waals surface area contributed by atoms with Gasteiger partial charge in [0.25, 0.3) is 0 Å². The lowest BCUT2D eigenvalue weighted by atomic mass is 10.1. The topological polar surface area (TPSA) is 104 Å². The van der Waals surface area contributed by atoms with E-state index in [1.807, 2.05) is 0 Å². The first-order valence-electron chi connectivity index (χ1n) is 10.9. The lowest BCUT2D eigenvalue weighted by molar-refractivity contribution is -0.138. The molecule has 178 valence electrons. The van der Waals surface area contributed by atoms with Gasteiger partial charge in [-0.1, -0.05) is 29.8 Å². The number of carbonyl (C=O) groups excluding carboxylic acids is 3. The number of likely N-dealkylation sites (tertiary alicyclic amines) is 1. The summed E-state index contributed by atoms with van der Waals surface area (Å²) in [5.74, 6) is -1.30. The molecular weight excluding hydrogens is 463 g/mol. The normalized spacial score (nSPS) is 16.6. The van der Waals surface area contributed by atoms with Gasteiger partial charge in [-0.25, -0.2) is 9.37 Å². The molecule has 0 spiro atoms. The number of nitrogens with one attached hydrogen (secondary N) is 1. The number of hydrogen-bond acceptors (Lipinski definition) is 5. The number of benzene rings is 1. The van der Waals surface area contributed by atoms with Gasteiger partial charge < -0.3 is 19.7 Å². The van der Waals surface area contributed by atoms with E-state index in [0.29, 0.717) is 30.7 Å². The Morgan fingerprint density at radius 3 is 2.79 bits per heavy atom. The molecule has 2 amide bonds. The van der Waals surface area contributed by atoms with Gasteiger partial charge in [0.15, 0.2) is 5.78 Å². The number of hydrogen-bond donors (Lipinski definition) is 2. The largest absolute Gasteiger partial charge is 0.394 e. The molecule has 0 saturated carbocycles. The Balaban J connectivity index is 1.51. The number of nitrogens with zero attached hydrogens (tertiary/aromatic N) is 3. The minimum Gasteiger partial charge on any atom is -0.394 e. The lowest BCUT2D eigenvalue weighted by Gasteiger charge is -2.26. The number of pyridine rings is 1. The molecule has 10 heteroatoms. The third kappa shape index (κ3) is 4.53. The Bertz CT molecular complexity index is 1260. The molecule has 3 heterocycles. The van der Waals surface area contributed by atoms with Crippen LogP contribution in [0, 0.1) is 5.82 Å². The monoisotopic (exact) mass is 486 g/mol. The summed E-state index contributed by atoms with van der Waals surface area (Å²) >= 11 is 5.83. The number of carbonyl (C=O) groups is 3. The highest BCUT2D eigenvalue weighted by Crippen LogP contribution is 2.25. The first kappa shape index (κ1) is 23.8. The molecule has 34 heavy (non-hydrogen) atoms. The van der Waals surface area contributed by atoms with E-state index in [1.165, 1.54) is 30.0 Å². The minimum absolute atomic E-state index is 0.0693. The summed E-state index contributed by atoms with van der Waals surface area (Å²) in [6, 6.07) is 7.92. The second-order valence-electron chi connectivity index (χ2n) is 8.20. The van der Waals surface area contributed by atoms with Crippen molar-refractivity contribution in [2.45, 2.75) is 38.3 Å². The number of aromatic nitrogens is 2. The van der Waals surface area contributed by atoms with Crippen LogP contribution in [0.1, 0.15) is 47.7 Å². The summed E-state index contributed by atoms with van der Waals surface area (Å²) in [5, 5.41) is 12.3. The third-order valence-electron chi connectivity index (χ3n) is 6.00. The van der Waals surface area contributed by atoms with Crippen LogP contribution in [0.25, 0.3) is 5.52 Å². The van der Waals surface area contributed by atoms with Crippen molar-refractivity contribution in [3.63, 3.8) is 0 Å². The van der Waals surface area contributed by atoms with E-state index in [1.54, 1.807) is 28.8 Å².